The minimum atomic E-state index is -0.684. The third kappa shape index (κ3) is 5.42. The van der Waals surface area contributed by atoms with Gasteiger partial charge in [0.2, 0.25) is 0 Å². The molecule has 0 saturated carbocycles. The van der Waals surface area contributed by atoms with E-state index in [-0.39, 0.29) is 16.9 Å². The number of anilines is 2. The number of carbonyl (C=O) groups excluding carboxylic acids is 1. The van der Waals surface area contributed by atoms with Crippen LogP contribution < -0.4 is 21.9 Å². The van der Waals surface area contributed by atoms with Crippen LogP contribution in [0.2, 0.25) is 0 Å². The largest absolute Gasteiger partial charge is 0.381 e. The fourth-order valence-electron chi connectivity index (χ4n) is 4.52. The van der Waals surface area contributed by atoms with E-state index < -0.39 is 11.9 Å². The van der Waals surface area contributed by atoms with Crippen molar-refractivity contribution in [1.82, 2.24) is 29.6 Å². The van der Waals surface area contributed by atoms with Gasteiger partial charge in [0.1, 0.15) is 17.2 Å². The number of hydrogen-bond acceptors (Lipinski definition) is 7. The molecular weight excluding hydrogens is 516 g/mol. The number of amides is 1. The molecule has 0 aliphatic carbocycles. The number of fused-ring (bicyclic) bond motifs is 1. The molecule has 1 amide bonds. The molecule has 0 bridgehead atoms. The fourth-order valence-corrected chi connectivity index (χ4v) is 4.52. The lowest BCUT2D eigenvalue weighted by Crippen LogP contribution is -2.34. The van der Waals surface area contributed by atoms with Gasteiger partial charge in [0.15, 0.2) is 5.82 Å². The number of nitrogen functional groups attached to an aromatic ring is 1. The number of pyridine rings is 1. The minimum Gasteiger partial charge on any atom is -0.381 e. The summed E-state index contributed by atoms with van der Waals surface area (Å²) < 4.78 is 3.01. The Hall–Kier alpha value is -5.69. The van der Waals surface area contributed by atoms with E-state index in [2.05, 4.69) is 39.1 Å². The summed E-state index contributed by atoms with van der Waals surface area (Å²) >= 11 is 0. The highest BCUT2D eigenvalue weighted by Crippen LogP contribution is 2.24. The number of hydrogen-bond donors (Lipinski definition) is 3. The molecule has 0 spiro atoms. The van der Waals surface area contributed by atoms with Crippen LogP contribution in [-0.2, 0) is 7.05 Å². The monoisotopic (exact) mass is 544 g/mol. The number of benzene rings is 2. The first-order valence-corrected chi connectivity index (χ1v) is 12.9. The van der Waals surface area contributed by atoms with Gasteiger partial charge in [-0.1, -0.05) is 42.2 Å². The molecule has 1 atom stereocenters. The molecule has 204 valence electrons. The normalized spacial score (nSPS) is 11.4. The van der Waals surface area contributed by atoms with Gasteiger partial charge in [-0.05, 0) is 43.3 Å². The summed E-state index contributed by atoms with van der Waals surface area (Å²) in [4.78, 5) is 36.6. The van der Waals surface area contributed by atoms with Crippen LogP contribution in [0.5, 0.6) is 0 Å². The number of aromatic nitrogens is 5. The van der Waals surface area contributed by atoms with Crippen LogP contribution in [0.15, 0.2) is 90.5 Å². The van der Waals surface area contributed by atoms with E-state index in [1.807, 2.05) is 36.4 Å². The third-order valence-corrected chi connectivity index (χ3v) is 6.39. The number of rotatable bonds is 7. The number of nitrogens with two attached hydrogens (primary N) is 1. The Morgan fingerprint density at radius 2 is 1.93 bits per heavy atom. The molecule has 0 aliphatic heterocycles. The Balaban J connectivity index is 1.62. The van der Waals surface area contributed by atoms with Crippen molar-refractivity contribution in [2.45, 2.75) is 13.0 Å². The average molecular weight is 545 g/mol. The summed E-state index contributed by atoms with van der Waals surface area (Å²) in [6.07, 6.45) is 5.00. The molecule has 0 fully saturated rings. The van der Waals surface area contributed by atoms with E-state index in [0.29, 0.717) is 40.3 Å². The predicted molar refractivity (Wildman–Crippen MR) is 160 cm³/mol. The van der Waals surface area contributed by atoms with Gasteiger partial charge in [-0.15, -0.1) is 6.58 Å². The molecule has 10 nitrogen and oxygen atoms in total. The fraction of sp³-hybridized carbons (Fsp3) is 0.129. The topological polar surface area (TPSA) is 133 Å². The molecule has 10 heteroatoms. The van der Waals surface area contributed by atoms with Crippen molar-refractivity contribution in [3.63, 3.8) is 0 Å². The number of aryl methyl sites for hydroxylation is 1. The van der Waals surface area contributed by atoms with E-state index in [9.17, 15) is 9.59 Å². The van der Waals surface area contributed by atoms with Crippen molar-refractivity contribution >= 4 is 28.4 Å². The molecule has 5 aromatic rings. The van der Waals surface area contributed by atoms with Crippen molar-refractivity contribution < 1.29 is 4.79 Å². The maximum absolute atomic E-state index is 14.1. The van der Waals surface area contributed by atoms with E-state index in [0.717, 1.165) is 5.56 Å². The van der Waals surface area contributed by atoms with Crippen LogP contribution in [0.1, 0.15) is 40.3 Å². The zero-order valence-electron chi connectivity index (χ0n) is 22.6. The third-order valence-electron chi connectivity index (χ3n) is 6.39. The van der Waals surface area contributed by atoms with Crippen molar-refractivity contribution in [3.8, 4) is 17.5 Å². The first-order chi connectivity index (χ1) is 19.9. The highest BCUT2D eigenvalue weighted by atomic mass is 16.2. The van der Waals surface area contributed by atoms with Crippen LogP contribution in [0, 0.1) is 11.8 Å². The van der Waals surface area contributed by atoms with Gasteiger partial charge in [0, 0.05) is 37.1 Å². The Morgan fingerprint density at radius 1 is 1.12 bits per heavy atom. The maximum Gasteiger partial charge on any atom is 0.267 e. The quantitative estimate of drug-likeness (QED) is 0.211. The average Bonchev–Trinajstić information content (AvgIpc) is 3.27. The second-order valence-corrected chi connectivity index (χ2v) is 9.23. The molecule has 41 heavy (non-hydrogen) atoms. The first kappa shape index (κ1) is 26.9. The van der Waals surface area contributed by atoms with Crippen molar-refractivity contribution in [3.05, 3.63) is 119 Å². The number of para-hydroxylation sites is 1. The van der Waals surface area contributed by atoms with Gasteiger partial charge < -0.3 is 16.4 Å². The summed E-state index contributed by atoms with van der Waals surface area (Å²) in [6.45, 7) is 5.89. The van der Waals surface area contributed by atoms with Crippen LogP contribution >= 0.6 is 0 Å². The lowest BCUT2D eigenvalue weighted by atomic mass is 10.1. The minimum absolute atomic E-state index is 0.0764. The van der Waals surface area contributed by atoms with Crippen LogP contribution in [0.4, 0.5) is 11.6 Å². The summed E-state index contributed by atoms with van der Waals surface area (Å²) in [5, 5.41) is 10.6. The second-order valence-electron chi connectivity index (χ2n) is 9.23. The summed E-state index contributed by atoms with van der Waals surface area (Å²) in [5.74, 6) is 6.60. The molecule has 5 rings (SSSR count). The van der Waals surface area contributed by atoms with E-state index in [4.69, 9.17) is 10.7 Å². The Bertz CT molecular complexity index is 1870. The number of carbonyl (C=O) groups is 1. The Kier molecular flexibility index (Phi) is 7.60. The Morgan fingerprint density at radius 3 is 2.66 bits per heavy atom. The lowest BCUT2D eigenvalue weighted by molar-refractivity contribution is 0.0939. The highest BCUT2D eigenvalue weighted by molar-refractivity contribution is 6.03. The Labute approximate surface area is 236 Å². The first-order valence-electron chi connectivity index (χ1n) is 12.9. The summed E-state index contributed by atoms with van der Waals surface area (Å²) in [7, 11) is 1.69. The van der Waals surface area contributed by atoms with Gasteiger partial charge in [-0.3, -0.25) is 23.8 Å². The lowest BCUT2D eigenvalue weighted by Gasteiger charge is -2.20. The molecule has 0 aliphatic rings. The molecular formula is C31H28N8O2. The van der Waals surface area contributed by atoms with Gasteiger partial charge in [0.05, 0.1) is 22.6 Å². The second kappa shape index (κ2) is 11.6. The van der Waals surface area contributed by atoms with Crippen LogP contribution in [0.3, 0.4) is 0 Å². The standard InChI is InChI=1S/C31H28N8O2/c1-4-17-34-29-26(27(32)37-38(29)3)30(40)35-20(2)28-36-24-14-8-11-22(16-15-21-10-9-18-33-19-21)25(24)31(41)39(28)23-12-6-5-7-13-23/h4-14,18-20,34H,1,17H2,2-3H3,(H2,32,37)(H,35,40). The predicted octanol–water partition coefficient (Wildman–Crippen LogP) is 3.59. The number of nitrogens with zero attached hydrogens (tertiary/aromatic N) is 5. The van der Waals surface area contributed by atoms with Gasteiger partial charge in [-0.2, -0.15) is 5.10 Å². The highest BCUT2D eigenvalue weighted by Gasteiger charge is 2.25. The maximum atomic E-state index is 14.1. The SMILES string of the molecule is C=CCNc1c(C(=O)NC(C)c2nc3cccc(C#Cc4cccnc4)c3c(=O)n2-c2ccccc2)c(N)nn1C. The summed E-state index contributed by atoms with van der Waals surface area (Å²) in [5.41, 5.74) is 8.32. The zero-order valence-corrected chi connectivity index (χ0v) is 22.6. The van der Waals surface area contributed by atoms with Crippen LogP contribution in [0.25, 0.3) is 16.6 Å². The molecule has 4 N–H and O–H groups in total. The van der Waals surface area contributed by atoms with Crippen molar-refractivity contribution in [2.75, 3.05) is 17.6 Å². The molecule has 0 saturated heterocycles. The molecule has 2 aromatic carbocycles. The van der Waals surface area contributed by atoms with Gasteiger partial charge >= 0.3 is 0 Å². The van der Waals surface area contributed by atoms with E-state index in [1.54, 1.807) is 56.7 Å². The van der Waals surface area contributed by atoms with Crippen LogP contribution in [-0.4, -0.2) is 36.8 Å². The number of nitrogens with one attached hydrogen (secondary N) is 2. The van der Waals surface area contributed by atoms with E-state index in [1.165, 1.54) is 9.25 Å². The summed E-state index contributed by atoms with van der Waals surface area (Å²) in [6, 6.07) is 17.5. The van der Waals surface area contributed by atoms with Gasteiger partial charge in [0.25, 0.3) is 11.5 Å². The van der Waals surface area contributed by atoms with Crippen molar-refractivity contribution in [2.24, 2.45) is 7.05 Å². The molecule has 3 heterocycles. The van der Waals surface area contributed by atoms with Crippen molar-refractivity contribution in [1.29, 1.82) is 0 Å². The van der Waals surface area contributed by atoms with E-state index >= 15 is 0 Å². The van der Waals surface area contributed by atoms with Gasteiger partial charge in [-0.25, -0.2) is 4.98 Å². The molecule has 3 aromatic heterocycles. The molecule has 0 radical (unpaired) electrons. The zero-order chi connectivity index (χ0) is 28.9. The smallest absolute Gasteiger partial charge is 0.267 e. The molecule has 1 unspecified atom stereocenters.